The van der Waals surface area contributed by atoms with Crippen LogP contribution in [0.1, 0.15) is 16.8 Å². The zero-order chi connectivity index (χ0) is 14.5. The van der Waals surface area contributed by atoms with E-state index in [0.29, 0.717) is 11.3 Å². The minimum atomic E-state index is -0.992. The van der Waals surface area contributed by atoms with Gasteiger partial charge in [0.05, 0.1) is 5.69 Å². The lowest BCUT2D eigenvalue weighted by Gasteiger charge is -2.02. The van der Waals surface area contributed by atoms with E-state index in [9.17, 15) is 9.90 Å². The lowest BCUT2D eigenvalue weighted by molar-refractivity contribution is 0.207. The van der Waals surface area contributed by atoms with Crippen molar-refractivity contribution in [2.24, 2.45) is 5.73 Å². The molecule has 0 aliphatic rings. The number of carbonyl (C=O) groups excluding carboxylic acids is 1. The molecule has 2 rings (SSSR count). The number of amides is 1. The SMILES string of the molecule is Cc1cccc(/C(O)=C/c2ccnc(OC(N)=O)n2)c1. The number of hydrogen-bond acceptors (Lipinski definition) is 5. The summed E-state index contributed by atoms with van der Waals surface area (Å²) in [6, 6.07) is 8.80. The standard InChI is InChI=1S/C14H13N3O3/c1-9-3-2-4-10(7-9)12(18)8-11-5-6-16-14(17-11)20-13(15)19/h2-8,18H,1H3,(H2,15,19)/b12-8-. The minimum absolute atomic E-state index is 0.0532. The number of benzene rings is 1. The van der Waals surface area contributed by atoms with Crippen molar-refractivity contribution in [3.63, 3.8) is 0 Å². The molecule has 0 radical (unpaired) electrons. The number of aliphatic hydroxyl groups excluding tert-OH is 1. The highest BCUT2D eigenvalue weighted by Crippen LogP contribution is 2.16. The molecule has 6 heteroatoms. The Hall–Kier alpha value is -2.89. The molecule has 0 saturated carbocycles. The lowest BCUT2D eigenvalue weighted by atomic mass is 10.1. The van der Waals surface area contributed by atoms with Gasteiger partial charge >= 0.3 is 12.1 Å². The van der Waals surface area contributed by atoms with E-state index in [1.54, 1.807) is 12.1 Å². The number of carbonyl (C=O) groups is 1. The van der Waals surface area contributed by atoms with E-state index in [-0.39, 0.29) is 11.8 Å². The van der Waals surface area contributed by atoms with E-state index in [1.807, 2.05) is 25.1 Å². The summed E-state index contributed by atoms with van der Waals surface area (Å²) in [5.41, 5.74) is 6.97. The van der Waals surface area contributed by atoms with Gasteiger partial charge in [0.2, 0.25) is 0 Å². The highest BCUT2D eigenvalue weighted by molar-refractivity contribution is 5.75. The lowest BCUT2D eigenvalue weighted by Crippen LogP contribution is -2.17. The first-order chi connectivity index (χ1) is 9.54. The molecular formula is C14H13N3O3. The van der Waals surface area contributed by atoms with Gasteiger partial charge in [-0.1, -0.05) is 23.8 Å². The second kappa shape index (κ2) is 5.83. The largest absolute Gasteiger partial charge is 0.507 e. The van der Waals surface area contributed by atoms with Gasteiger partial charge in [-0.25, -0.2) is 9.78 Å². The summed E-state index contributed by atoms with van der Waals surface area (Å²) in [5, 5.41) is 10.0. The Morgan fingerprint density at radius 2 is 2.20 bits per heavy atom. The molecule has 0 fully saturated rings. The van der Waals surface area contributed by atoms with Crippen LogP contribution in [0.5, 0.6) is 6.01 Å². The summed E-state index contributed by atoms with van der Waals surface area (Å²) in [4.78, 5) is 18.3. The van der Waals surface area contributed by atoms with E-state index in [1.165, 1.54) is 12.3 Å². The predicted molar refractivity (Wildman–Crippen MR) is 73.9 cm³/mol. The van der Waals surface area contributed by atoms with E-state index in [2.05, 4.69) is 14.7 Å². The molecule has 1 amide bonds. The number of hydrogen-bond donors (Lipinski definition) is 2. The van der Waals surface area contributed by atoms with Gasteiger partial charge in [0.25, 0.3) is 0 Å². The summed E-state index contributed by atoms with van der Waals surface area (Å²) in [6.07, 6.45) is 1.86. The fourth-order valence-corrected chi connectivity index (χ4v) is 1.60. The number of nitrogens with zero attached hydrogens (tertiary/aromatic N) is 2. The number of primary amides is 1. The normalized spacial score (nSPS) is 11.2. The van der Waals surface area contributed by atoms with E-state index < -0.39 is 6.09 Å². The fourth-order valence-electron chi connectivity index (χ4n) is 1.60. The summed E-state index contributed by atoms with van der Waals surface area (Å²) in [5.74, 6) is 0.0532. The number of aromatic nitrogens is 2. The van der Waals surface area contributed by atoms with Crippen LogP contribution in [0.4, 0.5) is 4.79 Å². The molecule has 6 nitrogen and oxygen atoms in total. The molecule has 1 heterocycles. The quantitative estimate of drug-likeness (QED) is 0.834. The molecule has 1 aromatic heterocycles. The van der Waals surface area contributed by atoms with Crippen molar-refractivity contribution >= 4 is 17.9 Å². The van der Waals surface area contributed by atoms with Crippen molar-refractivity contribution in [3.8, 4) is 6.01 Å². The molecule has 0 aliphatic carbocycles. The van der Waals surface area contributed by atoms with Crippen molar-refractivity contribution in [2.75, 3.05) is 0 Å². The van der Waals surface area contributed by atoms with Crippen LogP contribution in [-0.2, 0) is 0 Å². The van der Waals surface area contributed by atoms with Gasteiger partial charge < -0.3 is 15.6 Å². The van der Waals surface area contributed by atoms with Crippen LogP contribution in [0.25, 0.3) is 11.8 Å². The molecule has 0 bridgehead atoms. The zero-order valence-electron chi connectivity index (χ0n) is 10.8. The molecule has 0 saturated heterocycles. The number of aryl methyl sites for hydroxylation is 1. The molecule has 2 aromatic rings. The second-order valence-electron chi connectivity index (χ2n) is 4.08. The molecule has 102 valence electrons. The summed E-state index contributed by atoms with van der Waals surface area (Å²) in [6.45, 7) is 1.93. The third kappa shape index (κ3) is 3.55. The number of aliphatic hydroxyl groups is 1. The van der Waals surface area contributed by atoms with Crippen molar-refractivity contribution in [2.45, 2.75) is 6.92 Å². The van der Waals surface area contributed by atoms with Gasteiger partial charge in [-0.05, 0) is 19.1 Å². The van der Waals surface area contributed by atoms with Crippen LogP contribution in [-0.4, -0.2) is 21.2 Å². The molecule has 0 atom stereocenters. The van der Waals surface area contributed by atoms with Gasteiger partial charge in [0, 0.05) is 17.8 Å². The summed E-state index contributed by atoms with van der Waals surface area (Å²) in [7, 11) is 0. The summed E-state index contributed by atoms with van der Waals surface area (Å²) >= 11 is 0. The first kappa shape index (κ1) is 13.5. The van der Waals surface area contributed by atoms with Crippen LogP contribution in [0.3, 0.4) is 0 Å². The monoisotopic (exact) mass is 271 g/mol. The Morgan fingerprint density at radius 1 is 1.40 bits per heavy atom. The predicted octanol–water partition coefficient (Wildman–Crippen LogP) is 2.30. The molecule has 0 spiro atoms. The maximum absolute atomic E-state index is 10.6. The Labute approximate surface area is 115 Å². The van der Waals surface area contributed by atoms with Crippen molar-refractivity contribution in [3.05, 3.63) is 53.3 Å². The topological polar surface area (TPSA) is 98.3 Å². The summed E-state index contributed by atoms with van der Waals surface area (Å²) < 4.78 is 4.57. The van der Waals surface area contributed by atoms with Gasteiger partial charge in [-0.15, -0.1) is 0 Å². The minimum Gasteiger partial charge on any atom is -0.507 e. The van der Waals surface area contributed by atoms with E-state index in [4.69, 9.17) is 5.73 Å². The Morgan fingerprint density at radius 3 is 2.90 bits per heavy atom. The highest BCUT2D eigenvalue weighted by Gasteiger charge is 2.04. The van der Waals surface area contributed by atoms with Gasteiger partial charge in [-0.3, -0.25) is 0 Å². The van der Waals surface area contributed by atoms with Crippen LogP contribution in [0, 0.1) is 6.92 Å². The average molecular weight is 271 g/mol. The van der Waals surface area contributed by atoms with Crippen LogP contribution in [0.15, 0.2) is 36.5 Å². The Kier molecular flexibility index (Phi) is 3.95. The average Bonchev–Trinajstić information content (AvgIpc) is 2.38. The van der Waals surface area contributed by atoms with Crippen molar-refractivity contribution < 1.29 is 14.6 Å². The number of ether oxygens (including phenoxy) is 1. The van der Waals surface area contributed by atoms with Crippen LogP contribution in [0.2, 0.25) is 0 Å². The molecule has 3 N–H and O–H groups in total. The van der Waals surface area contributed by atoms with Gasteiger partial charge in [0.1, 0.15) is 5.76 Å². The van der Waals surface area contributed by atoms with Crippen molar-refractivity contribution in [1.82, 2.24) is 9.97 Å². The molecule has 0 aliphatic heterocycles. The fraction of sp³-hybridized carbons (Fsp3) is 0.0714. The third-order valence-electron chi connectivity index (χ3n) is 2.45. The molecule has 1 aromatic carbocycles. The molecule has 20 heavy (non-hydrogen) atoms. The van der Waals surface area contributed by atoms with Crippen LogP contribution >= 0.6 is 0 Å². The second-order valence-corrected chi connectivity index (χ2v) is 4.08. The van der Waals surface area contributed by atoms with E-state index >= 15 is 0 Å². The maximum atomic E-state index is 10.6. The zero-order valence-corrected chi connectivity index (χ0v) is 10.8. The van der Waals surface area contributed by atoms with Gasteiger partial charge in [-0.2, -0.15) is 4.98 Å². The van der Waals surface area contributed by atoms with Crippen LogP contribution < -0.4 is 10.5 Å². The maximum Gasteiger partial charge on any atom is 0.412 e. The van der Waals surface area contributed by atoms with E-state index in [0.717, 1.165) is 5.56 Å². The molecular weight excluding hydrogens is 258 g/mol. The highest BCUT2D eigenvalue weighted by atomic mass is 16.6. The Balaban J connectivity index is 2.28. The first-order valence-corrected chi connectivity index (χ1v) is 5.82. The third-order valence-corrected chi connectivity index (χ3v) is 2.45. The number of nitrogens with two attached hydrogens (primary N) is 1. The molecule has 0 unspecified atom stereocenters. The first-order valence-electron chi connectivity index (χ1n) is 5.82. The van der Waals surface area contributed by atoms with Gasteiger partial charge in [0.15, 0.2) is 0 Å². The Bertz CT molecular complexity index is 668. The van der Waals surface area contributed by atoms with Crippen molar-refractivity contribution in [1.29, 1.82) is 0 Å². The smallest absolute Gasteiger partial charge is 0.412 e. The number of rotatable bonds is 3.